The Bertz CT molecular complexity index is 422. The molecule has 7 heteroatoms. The predicted molar refractivity (Wildman–Crippen MR) is 55.0 cm³/mol. The second kappa shape index (κ2) is 4.43. The van der Waals surface area contributed by atoms with E-state index in [9.17, 15) is 13.2 Å². The number of nitrogens with zero attached hydrogens (tertiary/aromatic N) is 1. The van der Waals surface area contributed by atoms with Gasteiger partial charge in [0.05, 0.1) is 18.7 Å². The van der Waals surface area contributed by atoms with E-state index >= 15 is 0 Å². The largest absolute Gasteiger partial charge is 0.463 e. The molecule has 0 spiro atoms. The Morgan fingerprint density at radius 2 is 2.33 bits per heavy atom. The number of carbonyl (C=O) groups is 1. The first-order valence-corrected chi connectivity index (χ1v) is 6.21. The molecular weight excluding hydrogens is 220 g/mol. The van der Waals surface area contributed by atoms with Gasteiger partial charge in [-0.05, 0) is 6.92 Å². The number of hydrogen-bond donors (Lipinski definition) is 1. The first-order valence-electron chi connectivity index (χ1n) is 4.32. The van der Waals surface area contributed by atoms with Gasteiger partial charge in [0.2, 0.25) is 15.0 Å². The van der Waals surface area contributed by atoms with E-state index in [-0.39, 0.29) is 18.3 Å². The molecule has 84 valence electrons. The predicted octanol–water partition coefficient (Wildman–Crippen LogP) is -0.563. The summed E-state index contributed by atoms with van der Waals surface area (Å²) in [6.07, 6.45) is 2.35. The first kappa shape index (κ1) is 11.7. The van der Waals surface area contributed by atoms with Crippen LogP contribution < -0.4 is 5.32 Å². The van der Waals surface area contributed by atoms with Crippen LogP contribution in [-0.4, -0.2) is 39.0 Å². The fourth-order valence-electron chi connectivity index (χ4n) is 0.969. The van der Waals surface area contributed by atoms with Gasteiger partial charge in [-0.3, -0.25) is 4.99 Å². The summed E-state index contributed by atoms with van der Waals surface area (Å²) >= 11 is 0. The van der Waals surface area contributed by atoms with Crippen molar-refractivity contribution in [3.05, 3.63) is 11.8 Å². The Hall–Kier alpha value is -1.37. The zero-order chi connectivity index (χ0) is 11.5. The molecule has 0 aromatic rings. The molecule has 0 aromatic heterocycles. The zero-order valence-corrected chi connectivity index (χ0v) is 9.30. The highest BCUT2D eigenvalue weighted by Crippen LogP contribution is 2.04. The Morgan fingerprint density at radius 1 is 1.67 bits per heavy atom. The van der Waals surface area contributed by atoms with Crippen LogP contribution in [0.3, 0.4) is 0 Å². The number of nitrogens with one attached hydrogen (secondary N) is 1. The van der Waals surface area contributed by atoms with Crippen molar-refractivity contribution in [2.24, 2.45) is 4.99 Å². The van der Waals surface area contributed by atoms with Crippen LogP contribution in [0.5, 0.6) is 0 Å². The van der Waals surface area contributed by atoms with E-state index in [0.29, 0.717) is 5.57 Å². The Kier molecular flexibility index (Phi) is 3.46. The highest BCUT2D eigenvalue weighted by atomic mass is 32.2. The van der Waals surface area contributed by atoms with Crippen LogP contribution in [0.25, 0.3) is 0 Å². The molecule has 1 rings (SSSR count). The number of hydrogen-bond acceptors (Lipinski definition) is 6. The van der Waals surface area contributed by atoms with E-state index in [0.717, 1.165) is 6.26 Å². The topological polar surface area (TPSA) is 84.8 Å². The Balaban J connectivity index is 2.68. The van der Waals surface area contributed by atoms with E-state index < -0.39 is 15.8 Å². The second-order valence-electron chi connectivity index (χ2n) is 2.93. The van der Waals surface area contributed by atoms with Gasteiger partial charge < -0.3 is 10.1 Å². The highest BCUT2D eigenvalue weighted by molar-refractivity contribution is 8.05. The summed E-state index contributed by atoms with van der Waals surface area (Å²) in [6.45, 7) is 1.99. The van der Waals surface area contributed by atoms with Crippen molar-refractivity contribution in [1.82, 2.24) is 5.32 Å². The van der Waals surface area contributed by atoms with Crippen LogP contribution in [0.2, 0.25) is 0 Å². The number of esters is 1. The van der Waals surface area contributed by atoms with Crippen molar-refractivity contribution in [2.45, 2.75) is 6.92 Å². The summed E-state index contributed by atoms with van der Waals surface area (Å²) < 4.78 is 26.8. The summed E-state index contributed by atoms with van der Waals surface area (Å²) in [5.74, 6) is -0.485. The molecular formula is C8H12N2O4S. The van der Waals surface area contributed by atoms with Crippen molar-refractivity contribution >= 4 is 21.0 Å². The monoisotopic (exact) mass is 232 g/mol. The number of aliphatic imine (C=N–C) groups is 1. The minimum absolute atomic E-state index is 0.0221. The van der Waals surface area contributed by atoms with E-state index in [1.54, 1.807) is 6.92 Å². The van der Waals surface area contributed by atoms with E-state index in [4.69, 9.17) is 4.74 Å². The molecule has 0 fully saturated rings. The fraction of sp³-hybridized carbons (Fsp3) is 0.500. The van der Waals surface area contributed by atoms with E-state index in [1.165, 1.54) is 6.20 Å². The molecule has 0 aliphatic carbocycles. The number of amidine groups is 1. The Morgan fingerprint density at radius 3 is 2.73 bits per heavy atom. The third kappa shape index (κ3) is 3.05. The second-order valence-corrected chi connectivity index (χ2v) is 4.86. The number of carbonyl (C=O) groups excluding carboxylic acids is 1. The third-order valence-corrected chi connectivity index (χ3v) is 2.60. The molecule has 0 atom stereocenters. The molecule has 1 aliphatic heterocycles. The van der Waals surface area contributed by atoms with Crippen LogP contribution in [0.4, 0.5) is 0 Å². The molecule has 0 saturated heterocycles. The van der Waals surface area contributed by atoms with Gasteiger partial charge in [0, 0.05) is 12.5 Å². The maximum absolute atomic E-state index is 11.2. The summed E-state index contributed by atoms with van der Waals surface area (Å²) in [5, 5.41) is 2.32. The van der Waals surface area contributed by atoms with Crippen molar-refractivity contribution in [3.63, 3.8) is 0 Å². The van der Waals surface area contributed by atoms with Gasteiger partial charge in [-0.2, -0.15) is 0 Å². The van der Waals surface area contributed by atoms with Crippen molar-refractivity contribution in [1.29, 1.82) is 0 Å². The highest BCUT2D eigenvalue weighted by Gasteiger charge is 2.19. The summed E-state index contributed by atoms with van der Waals surface area (Å²) in [4.78, 5) is 14.9. The maximum Gasteiger partial charge on any atom is 0.337 e. The zero-order valence-electron chi connectivity index (χ0n) is 8.48. The Labute approximate surface area is 87.9 Å². The van der Waals surface area contributed by atoms with Gasteiger partial charge in [-0.25, -0.2) is 13.2 Å². The standard InChI is InChI=1S/C8H12N2O4S/c1-3-14-7(11)6-4-9-8(10-5-6)15(2,12)13/h4H,3,5H2,1-2H3,(H,9,10). The van der Waals surface area contributed by atoms with Gasteiger partial charge >= 0.3 is 5.97 Å². The molecule has 0 aromatic carbocycles. The third-order valence-electron chi connectivity index (χ3n) is 1.65. The van der Waals surface area contributed by atoms with Crippen LogP contribution in [0, 0.1) is 0 Å². The molecule has 6 nitrogen and oxygen atoms in total. The molecule has 1 aliphatic rings. The lowest BCUT2D eigenvalue weighted by Crippen LogP contribution is -2.31. The van der Waals surface area contributed by atoms with Gasteiger partial charge in [-0.15, -0.1) is 0 Å². The number of ether oxygens (including phenoxy) is 1. The molecule has 1 heterocycles. The smallest absolute Gasteiger partial charge is 0.337 e. The van der Waals surface area contributed by atoms with Crippen LogP contribution in [0.15, 0.2) is 16.8 Å². The molecule has 0 saturated carbocycles. The van der Waals surface area contributed by atoms with Crippen molar-refractivity contribution in [2.75, 3.05) is 19.4 Å². The molecule has 0 radical (unpaired) electrons. The SMILES string of the molecule is CCOC(=O)C1=CNC(S(C)(=O)=O)=NC1. The summed E-state index contributed by atoms with van der Waals surface area (Å²) in [7, 11) is -3.35. The van der Waals surface area contributed by atoms with Gasteiger partial charge in [0.1, 0.15) is 0 Å². The average molecular weight is 232 g/mol. The average Bonchev–Trinajstić information content (AvgIpc) is 2.17. The normalized spacial score (nSPS) is 16.1. The van der Waals surface area contributed by atoms with Crippen LogP contribution in [0.1, 0.15) is 6.92 Å². The molecule has 0 amide bonds. The minimum Gasteiger partial charge on any atom is -0.463 e. The summed E-state index contributed by atoms with van der Waals surface area (Å²) in [5.41, 5.74) is 0.309. The van der Waals surface area contributed by atoms with E-state index in [1.807, 2.05) is 0 Å². The number of rotatable bonds is 2. The summed E-state index contributed by atoms with van der Waals surface area (Å²) in [6, 6.07) is 0. The first-order chi connectivity index (χ1) is 6.95. The molecule has 0 unspecified atom stereocenters. The van der Waals surface area contributed by atoms with Crippen molar-refractivity contribution in [3.8, 4) is 0 Å². The molecule has 1 N–H and O–H groups in total. The number of sulfone groups is 1. The fourth-order valence-corrected chi connectivity index (χ4v) is 1.54. The maximum atomic E-state index is 11.2. The lowest BCUT2D eigenvalue weighted by atomic mass is 10.3. The lowest BCUT2D eigenvalue weighted by Gasteiger charge is -2.12. The molecule has 0 bridgehead atoms. The minimum atomic E-state index is -3.35. The lowest BCUT2D eigenvalue weighted by molar-refractivity contribution is -0.138. The van der Waals surface area contributed by atoms with Gasteiger partial charge in [0.15, 0.2) is 0 Å². The van der Waals surface area contributed by atoms with Gasteiger partial charge in [0.25, 0.3) is 0 Å². The van der Waals surface area contributed by atoms with Crippen LogP contribution >= 0.6 is 0 Å². The van der Waals surface area contributed by atoms with Gasteiger partial charge in [-0.1, -0.05) is 0 Å². The molecule has 15 heavy (non-hydrogen) atoms. The van der Waals surface area contributed by atoms with E-state index in [2.05, 4.69) is 10.3 Å². The quantitative estimate of drug-likeness (QED) is 0.645. The van der Waals surface area contributed by atoms with Crippen LogP contribution in [-0.2, 0) is 19.4 Å². The van der Waals surface area contributed by atoms with Crippen molar-refractivity contribution < 1.29 is 17.9 Å².